The number of hydrogen-bond donors (Lipinski definition) is 2. The second-order valence-corrected chi connectivity index (χ2v) is 4.96. The van der Waals surface area contributed by atoms with Crippen molar-refractivity contribution in [3.63, 3.8) is 0 Å². The predicted octanol–water partition coefficient (Wildman–Crippen LogP) is 1.01. The van der Waals surface area contributed by atoms with Crippen molar-refractivity contribution in [2.24, 2.45) is 0 Å². The minimum Gasteiger partial charge on any atom is -0.394 e. The molecular formula is C13H27NO3. The minimum absolute atomic E-state index is 0.0943. The molecule has 0 aromatic heterocycles. The van der Waals surface area contributed by atoms with Gasteiger partial charge in [-0.15, -0.1) is 0 Å². The van der Waals surface area contributed by atoms with Crippen LogP contribution in [0.5, 0.6) is 0 Å². The van der Waals surface area contributed by atoms with E-state index in [1.54, 1.807) is 0 Å². The summed E-state index contributed by atoms with van der Waals surface area (Å²) in [5.74, 6) is 0. The van der Waals surface area contributed by atoms with Gasteiger partial charge in [0.25, 0.3) is 0 Å². The van der Waals surface area contributed by atoms with E-state index in [1.165, 1.54) is 25.7 Å². The van der Waals surface area contributed by atoms with E-state index in [-0.39, 0.29) is 12.7 Å². The van der Waals surface area contributed by atoms with Crippen LogP contribution in [0.2, 0.25) is 0 Å². The van der Waals surface area contributed by atoms with Gasteiger partial charge in [0.05, 0.1) is 25.9 Å². The van der Waals surface area contributed by atoms with Gasteiger partial charge in [0.2, 0.25) is 0 Å². The van der Waals surface area contributed by atoms with Crippen molar-refractivity contribution in [3.05, 3.63) is 0 Å². The maximum atomic E-state index is 9.53. The predicted molar refractivity (Wildman–Crippen MR) is 68.0 cm³/mol. The summed E-state index contributed by atoms with van der Waals surface area (Å²) in [6.45, 7) is 5.09. The van der Waals surface area contributed by atoms with Gasteiger partial charge in [-0.1, -0.05) is 12.8 Å². The van der Waals surface area contributed by atoms with E-state index in [0.717, 1.165) is 19.5 Å². The first-order valence-corrected chi connectivity index (χ1v) is 6.84. The lowest BCUT2D eigenvalue weighted by Crippen LogP contribution is -2.39. The lowest BCUT2D eigenvalue weighted by atomic mass is 10.0. The Labute approximate surface area is 105 Å². The molecule has 2 atom stereocenters. The molecule has 4 heteroatoms. The van der Waals surface area contributed by atoms with Gasteiger partial charge in [0, 0.05) is 12.6 Å². The van der Waals surface area contributed by atoms with Crippen molar-refractivity contribution in [1.29, 1.82) is 0 Å². The first-order valence-electron chi connectivity index (χ1n) is 6.84. The highest BCUT2D eigenvalue weighted by atomic mass is 16.5. The van der Waals surface area contributed by atoms with Gasteiger partial charge in [0.1, 0.15) is 0 Å². The number of likely N-dealkylation sites (tertiary alicyclic amines) is 1. The quantitative estimate of drug-likeness (QED) is 0.657. The van der Waals surface area contributed by atoms with Gasteiger partial charge in [-0.05, 0) is 32.7 Å². The summed E-state index contributed by atoms with van der Waals surface area (Å²) >= 11 is 0. The zero-order valence-electron chi connectivity index (χ0n) is 11.0. The number of rotatable bonds is 7. The Morgan fingerprint density at radius 3 is 2.82 bits per heavy atom. The lowest BCUT2D eigenvalue weighted by Gasteiger charge is -2.30. The van der Waals surface area contributed by atoms with E-state index < -0.39 is 0 Å². The van der Waals surface area contributed by atoms with E-state index in [9.17, 15) is 5.11 Å². The van der Waals surface area contributed by atoms with E-state index in [0.29, 0.717) is 19.3 Å². The largest absolute Gasteiger partial charge is 0.394 e. The van der Waals surface area contributed by atoms with Gasteiger partial charge in [-0.25, -0.2) is 0 Å². The highest BCUT2D eigenvalue weighted by molar-refractivity contribution is 4.77. The van der Waals surface area contributed by atoms with Gasteiger partial charge in [-0.3, -0.25) is 4.90 Å². The first kappa shape index (κ1) is 14.9. The Morgan fingerprint density at radius 1 is 1.29 bits per heavy atom. The van der Waals surface area contributed by atoms with Crippen LogP contribution in [0.4, 0.5) is 0 Å². The van der Waals surface area contributed by atoms with E-state index in [1.807, 2.05) is 6.92 Å². The Bertz CT molecular complexity index is 188. The normalized spacial score (nSPS) is 24.5. The fourth-order valence-electron chi connectivity index (χ4n) is 2.54. The minimum atomic E-state index is -0.223. The summed E-state index contributed by atoms with van der Waals surface area (Å²) in [4.78, 5) is 2.44. The smallest absolute Gasteiger partial charge is 0.0698 e. The van der Waals surface area contributed by atoms with Crippen LogP contribution in [0.3, 0.4) is 0 Å². The van der Waals surface area contributed by atoms with E-state index in [4.69, 9.17) is 9.84 Å². The van der Waals surface area contributed by atoms with Gasteiger partial charge >= 0.3 is 0 Å². The molecule has 1 rings (SSSR count). The Hall–Kier alpha value is -0.160. The summed E-state index contributed by atoms with van der Waals surface area (Å²) in [6, 6.07) is 0.496. The van der Waals surface area contributed by atoms with Crippen LogP contribution in [-0.4, -0.2) is 60.2 Å². The molecule has 0 bridgehead atoms. The third kappa shape index (κ3) is 6.36. The summed E-state index contributed by atoms with van der Waals surface area (Å²) in [5.41, 5.74) is 0. The molecule has 0 aromatic carbocycles. The molecular weight excluding hydrogens is 218 g/mol. The van der Waals surface area contributed by atoms with Crippen LogP contribution in [0, 0.1) is 0 Å². The molecule has 0 aromatic rings. The van der Waals surface area contributed by atoms with Gasteiger partial charge in [0.15, 0.2) is 0 Å². The monoisotopic (exact) mass is 245 g/mol. The maximum Gasteiger partial charge on any atom is 0.0698 e. The van der Waals surface area contributed by atoms with Crippen molar-refractivity contribution in [2.45, 2.75) is 51.2 Å². The van der Waals surface area contributed by atoms with Gasteiger partial charge in [-0.2, -0.15) is 0 Å². The average molecular weight is 245 g/mol. The number of ether oxygens (including phenoxy) is 1. The van der Waals surface area contributed by atoms with Crippen LogP contribution >= 0.6 is 0 Å². The fourth-order valence-corrected chi connectivity index (χ4v) is 2.54. The van der Waals surface area contributed by atoms with E-state index >= 15 is 0 Å². The summed E-state index contributed by atoms with van der Waals surface area (Å²) in [6.07, 6.45) is 5.63. The molecule has 1 aliphatic heterocycles. The molecule has 1 aliphatic rings. The molecule has 0 saturated carbocycles. The molecule has 102 valence electrons. The molecule has 0 aliphatic carbocycles. The fraction of sp³-hybridized carbons (Fsp3) is 1.00. The van der Waals surface area contributed by atoms with E-state index in [2.05, 4.69) is 4.90 Å². The second kappa shape index (κ2) is 8.86. The van der Waals surface area contributed by atoms with Crippen LogP contribution < -0.4 is 0 Å². The third-order valence-electron chi connectivity index (χ3n) is 3.37. The summed E-state index contributed by atoms with van der Waals surface area (Å²) in [5, 5.41) is 18.2. The lowest BCUT2D eigenvalue weighted by molar-refractivity contribution is 0.0528. The van der Waals surface area contributed by atoms with Crippen LogP contribution in [0.15, 0.2) is 0 Å². The molecule has 0 spiro atoms. The van der Waals surface area contributed by atoms with Gasteiger partial charge < -0.3 is 14.9 Å². The summed E-state index contributed by atoms with van der Waals surface area (Å²) < 4.78 is 5.33. The van der Waals surface area contributed by atoms with Crippen LogP contribution in [0.25, 0.3) is 0 Å². The third-order valence-corrected chi connectivity index (χ3v) is 3.37. The Morgan fingerprint density at radius 2 is 2.12 bits per heavy atom. The second-order valence-electron chi connectivity index (χ2n) is 4.96. The maximum absolute atomic E-state index is 9.53. The van der Waals surface area contributed by atoms with Crippen molar-refractivity contribution in [3.8, 4) is 0 Å². The number of hydrogen-bond acceptors (Lipinski definition) is 4. The molecule has 1 heterocycles. The van der Waals surface area contributed by atoms with Crippen molar-refractivity contribution < 1.29 is 14.9 Å². The van der Waals surface area contributed by atoms with Crippen LogP contribution in [0.1, 0.15) is 39.0 Å². The molecule has 17 heavy (non-hydrogen) atoms. The van der Waals surface area contributed by atoms with Crippen molar-refractivity contribution in [2.75, 3.05) is 32.9 Å². The number of aliphatic hydroxyl groups is 2. The number of aliphatic hydroxyl groups excluding tert-OH is 2. The number of nitrogens with zero attached hydrogens (tertiary/aromatic N) is 1. The zero-order chi connectivity index (χ0) is 12.5. The average Bonchev–Trinajstić information content (AvgIpc) is 2.50. The topological polar surface area (TPSA) is 52.9 Å². The highest BCUT2D eigenvalue weighted by Crippen LogP contribution is 2.20. The molecule has 1 fully saturated rings. The highest BCUT2D eigenvalue weighted by Gasteiger charge is 2.21. The SMILES string of the molecule is CC(O)CC1CCCCCN1CCOCCO. The first-order chi connectivity index (χ1) is 8.24. The zero-order valence-corrected chi connectivity index (χ0v) is 11.0. The molecule has 0 radical (unpaired) electrons. The molecule has 2 N–H and O–H groups in total. The Balaban J connectivity index is 2.33. The Kier molecular flexibility index (Phi) is 7.77. The molecule has 2 unspecified atom stereocenters. The van der Waals surface area contributed by atoms with Crippen molar-refractivity contribution in [1.82, 2.24) is 4.90 Å². The van der Waals surface area contributed by atoms with Crippen molar-refractivity contribution >= 4 is 0 Å². The van der Waals surface area contributed by atoms with Crippen LogP contribution in [-0.2, 0) is 4.74 Å². The molecule has 1 saturated heterocycles. The molecule has 0 amide bonds. The summed E-state index contributed by atoms with van der Waals surface area (Å²) in [7, 11) is 0. The molecule has 4 nitrogen and oxygen atoms in total. The standard InChI is InChI=1S/C13H27NO3/c1-12(16)11-13-5-3-2-4-6-14(13)7-9-17-10-8-15/h12-13,15-16H,2-11H2,1H3.